The van der Waals surface area contributed by atoms with E-state index in [4.69, 9.17) is 4.99 Å². The predicted molar refractivity (Wildman–Crippen MR) is 90.3 cm³/mol. The lowest BCUT2D eigenvalue weighted by molar-refractivity contribution is 1.51. The van der Waals surface area contributed by atoms with Crippen molar-refractivity contribution >= 4 is 49.0 Å². The van der Waals surface area contributed by atoms with Gasteiger partial charge in [0.2, 0.25) is 0 Å². The minimum absolute atomic E-state index is 0.981. The summed E-state index contributed by atoms with van der Waals surface area (Å²) in [5.41, 5.74) is 4.17. The van der Waals surface area contributed by atoms with Crippen molar-refractivity contribution in [3.8, 4) is 0 Å². The Bertz CT molecular complexity index is 925. The fraction of sp³-hybridized carbons (Fsp3) is 0.0556. The van der Waals surface area contributed by atoms with Gasteiger partial charge in [0.05, 0.1) is 5.69 Å². The van der Waals surface area contributed by atoms with Gasteiger partial charge in [0, 0.05) is 31.4 Å². The lowest BCUT2D eigenvalue weighted by Crippen LogP contribution is -1.89. The number of benzene rings is 2. The molecule has 2 heteroatoms. The lowest BCUT2D eigenvalue weighted by Gasteiger charge is -2.01. The van der Waals surface area contributed by atoms with Gasteiger partial charge in [-0.25, -0.2) is 0 Å². The van der Waals surface area contributed by atoms with Crippen LogP contribution in [0.5, 0.6) is 0 Å². The molecule has 0 fully saturated rings. The molecule has 96 valence electrons. The Morgan fingerprint density at radius 2 is 1.85 bits per heavy atom. The second-order valence-electron chi connectivity index (χ2n) is 5.06. The Morgan fingerprint density at radius 1 is 1.00 bits per heavy atom. The number of hydrogen-bond donors (Lipinski definition) is 0. The van der Waals surface area contributed by atoms with Gasteiger partial charge in [-0.3, -0.25) is 4.99 Å². The third-order valence-corrected chi connectivity index (χ3v) is 4.88. The molecule has 0 atom stereocenters. The highest BCUT2D eigenvalue weighted by Gasteiger charge is 2.11. The van der Waals surface area contributed by atoms with E-state index >= 15 is 0 Å². The van der Waals surface area contributed by atoms with Gasteiger partial charge < -0.3 is 0 Å². The van der Waals surface area contributed by atoms with Crippen LogP contribution in [-0.2, 0) is 0 Å². The summed E-state index contributed by atoms with van der Waals surface area (Å²) in [4.78, 5) is 4.72. The molecule has 3 aromatic rings. The van der Waals surface area contributed by atoms with Gasteiger partial charge in [-0.1, -0.05) is 36.9 Å². The molecule has 0 aliphatic carbocycles. The van der Waals surface area contributed by atoms with Crippen LogP contribution in [0.3, 0.4) is 0 Å². The first kappa shape index (κ1) is 11.6. The largest absolute Gasteiger partial charge is 0.253 e. The average Bonchev–Trinajstić information content (AvgIpc) is 2.75. The molecule has 0 bridgehead atoms. The van der Waals surface area contributed by atoms with E-state index in [1.165, 1.54) is 25.7 Å². The van der Waals surface area contributed by atoms with Crippen LogP contribution in [0.1, 0.15) is 12.5 Å². The SMILES string of the molecule is C=C1C=Cc2cc3sc4ccccc4c3cc2N=C1C. The van der Waals surface area contributed by atoms with Crippen molar-refractivity contribution in [1.29, 1.82) is 0 Å². The number of nitrogens with zero attached hydrogens (tertiary/aromatic N) is 1. The summed E-state index contributed by atoms with van der Waals surface area (Å²) >= 11 is 1.84. The fourth-order valence-electron chi connectivity index (χ4n) is 2.57. The van der Waals surface area contributed by atoms with Gasteiger partial charge >= 0.3 is 0 Å². The molecular formula is C18H13NS. The second-order valence-corrected chi connectivity index (χ2v) is 6.14. The molecule has 1 aliphatic heterocycles. The maximum atomic E-state index is 4.72. The van der Waals surface area contributed by atoms with Crippen LogP contribution >= 0.6 is 11.3 Å². The fourth-order valence-corrected chi connectivity index (χ4v) is 3.71. The second kappa shape index (κ2) is 4.15. The summed E-state index contributed by atoms with van der Waals surface area (Å²) in [6.07, 6.45) is 4.16. The van der Waals surface area contributed by atoms with E-state index in [-0.39, 0.29) is 0 Å². The molecule has 1 aliphatic rings. The normalized spacial score (nSPS) is 14.4. The highest BCUT2D eigenvalue weighted by Crippen LogP contribution is 2.38. The van der Waals surface area contributed by atoms with Crippen LogP contribution in [-0.4, -0.2) is 5.71 Å². The van der Waals surface area contributed by atoms with Gasteiger partial charge in [0.1, 0.15) is 0 Å². The molecule has 0 radical (unpaired) electrons. The number of fused-ring (bicyclic) bond motifs is 4. The summed E-state index contributed by atoms with van der Waals surface area (Å²) in [6, 6.07) is 13.0. The Morgan fingerprint density at radius 3 is 2.75 bits per heavy atom. The van der Waals surface area contributed by atoms with Crippen LogP contribution in [0.2, 0.25) is 0 Å². The zero-order chi connectivity index (χ0) is 13.7. The van der Waals surface area contributed by atoms with Gasteiger partial charge in [0.15, 0.2) is 0 Å². The molecule has 1 aromatic heterocycles. The summed E-state index contributed by atoms with van der Waals surface area (Å²) < 4.78 is 2.65. The number of hydrogen-bond acceptors (Lipinski definition) is 2. The molecule has 0 N–H and O–H groups in total. The molecule has 4 rings (SSSR count). The van der Waals surface area contributed by atoms with Crippen molar-refractivity contribution < 1.29 is 0 Å². The summed E-state index contributed by atoms with van der Waals surface area (Å²) in [5, 5.41) is 2.61. The van der Waals surface area contributed by atoms with Crippen LogP contribution in [0.25, 0.3) is 26.2 Å². The van der Waals surface area contributed by atoms with Gasteiger partial charge in [-0.15, -0.1) is 11.3 Å². The molecule has 20 heavy (non-hydrogen) atoms. The van der Waals surface area contributed by atoms with Crippen molar-refractivity contribution in [2.45, 2.75) is 6.92 Å². The van der Waals surface area contributed by atoms with Crippen molar-refractivity contribution in [1.82, 2.24) is 0 Å². The van der Waals surface area contributed by atoms with Crippen molar-refractivity contribution in [2.75, 3.05) is 0 Å². The van der Waals surface area contributed by atoms with Gasteiger partial charge in [0.25, 0.3) is 0 Å². The highest BCUT2D eigenvalue weighted by molar-refractivity contribution is 7.25. The molecule has 1 nitrogen and oxygen atoms in total. The molecule has 0 saturated heterocycles. The monoisotopic (exact) mass is 275 g/mol. The minimum atomic E-state index is 0.981. The molecule has 2 aromatic carbocycles. The van der Waals surface area contributed by atoms with E-state index in [1.54, 1.807) is 0 Å². The molecule has 0 spiro atoms. The summed E-state index contributed by atoms with van der Waals surface area (Å²) in [7, 11) is 0. The molecule has 0 amide bonds. The zero-order valence-corrected chi connectivity index (χ0v) is 12.0. The Kier molecular flexibility index (Phi) is 2.41. The van der Waals surface area contributed by atoms with E-state index in [0.717, 1.165) is 17.0 Å². The quantitative estimate of drug-likeness (QED) is 0.497. The molecule has 0 saturated carbocycles. The van der Waals surface area contributed by atoms with Crippen molar-refractivity contribution in [3.63, 3.8) is 0 Å². The predicted octanol–water partition coefficient (Wildman–Crippen LogP) is 5.73. The highest BCUT2D eigenvalue weighted by atomic mass is 32.1. The summed E-state index contributed by atoms with van der Waals surface area (Å²) in [6.45, 7) is 6.04. The van der Waals surface area contributed by atoms with Crippen LogP contribution in [0, 0.1) is 0 Å². The standard InChI is InChI=1S/C18H13NS/c1-11-7-8-13-9-18-15(10-16(13)19-12(11)2)14-5-3-4-6-17(14)20-18/h3-10H,1H2,2H3. The zero-order valence-electron chi connectivity index (χ0n) is 11.2. The number of aliphatic imine (C=N–C) groups is 1. The van der Waals surface area contributed by atoms with Crippen molar-refractivity contribution in [2.24, 2.45) is 4.99 Å². The Labute approximate surface area is 121 Å². The third-order valence-electron chi connectivity index (χ3n) is 3.74. The van der Waals surface area contributed by atoms with E-state index < -0.39 is 0 Å². The van der Waals surface area contributed by atoms with E-state index in [1.807, 2.05) is 24.3 Å². The number of thiophene rings is 1. The van der Waals surface area contributed by atoms with E-state index in [0.29, 0.717) is 0 Å². The first-order chi connectivity index (χ1) is 9.72. The first-order valence-corrected chi connectivity index (χ1v) is 7.42. The van der Waals surface area contributed by atoms with Crippen LogP contribution in [0.15, 0.2) is 59.6 Å². The topological polar surface area (TPSA) is 12.4 Å². The van der Waals surface area contributed by atoms with Crippen LogP contribution < -0.4 is 0 Å². The maximum absolute atomic E-state index is 4.72. The van der Waals surface area contributed by atoms with E-state index in [9.17, 15) is 0 Å². The summed E-state index contributed by atoms with van der Waals surface area (Å²) in [5.74, 6) is 0. The molecule has 0 unspecified atom stereocenters. The molecule has 2 heterocycles. The van der Waals surface area contributed by atoms with Gasteiger partial charge in [-0.2, -0.15) is 0 Å². The van der Waals surface area contributed by atoms with E-state index in [2.05, 4.69) is 49.1 Å². The minimum Gasteiger partial charge on any atom is -0.253 e. The maximum Gasteiger partial charge on any atom is 0.0712 e. The number of allylic oxidation sites excluding steroid dienone is 2. The molecular weight excluding hydrogens is 262 g/mol. The van der Waals surface area contributed by atoms with Crippen LogP contribution in [0.4, 0.5) is 5.69 Å². The Balaban J connectivity index is 2.11. The third kappa shape index (κ3) is 1.65. The number of rotatable bonds is 0. The average molecular weight is 275 g/mol. The first-order valence-electron chi connectivity index (χ1n) is 6.60. The van der Waals surface area contributed by atoms with Crippen molar-refractivity contribution in [3.05, 3.63) is 60.2 Å². The lowest BCUT2D eigenvalue weighted by atomic mass is 10.1. The Hall–Kier alpha value is -2.19. The smallest absolute Gasteiger partial charge is 0.0712 e. The van der Waals surface area contributed by atoms with Gasteiger partial charge in [-0.05, 0) is 30.7 Å².